The van der Waals surface area contributed by atoms with Gasteiger partial charge in [-0.1, -0.05) is 0 Å². The normalized spacial score (nSPS) is 14.6. The van der Waals surface area contributed by atoms with Gasteiger partial charge in [-0.3, -0.25) is 4.79 Å². The molecule has 1 amide bonds. The van der Waals surface area contributed by atoms with E-state index in [1.54, 1.807) is 0 Å². The number of alkyl halides is 7. The van der Waals surface area contributed by atoms with Crippen LogP contribution in [0.25, 0.3) is 0 Å². The first kappa shape index (κ1) is 17.3. The molecule has 0 unspecified atom stereocenters. The fourth-order valence-corrected chi connectivity index (χ4v) is 0.865. The van der Waals surface area contributed by atoms with Crippen LogP contribution in [0.2, 0.25) is 0 Å². The average Bonchev–Trinajstić information content (AvgIpc) is 2.15. The molecule has 0 atom stereocenters. The quantitative estimate of drug-likeness (QED) is 0.602. The maximum atomic E-state index is 12.9. The lowest BCUT2D eigenvalue weighted by Gasteiger charge is -2.31. The van der Waals surface area contributed by atoms with Crippen molar-refractivity contribution >= 4 is 17.5 Å². The molecule has 0 bridgehead atoms. The molecular formula is C8H10ClF6NO2. The number of rotatable bonds is 5. The fourth-order valence-electron chi connectivity index (χ4n) is 0.746. The predicted molar refractivity (Wildman–Crippen MR) is 50.0 cm³/mol. The van der Waals surface area contributed by atoms with Gasteiger partial charge in [0.1, 0.15) is 0 Å². The first-order chi connectivity index (χ1) is 7.69. The number of carbonyl (C=O) groups is 1. The molecule has 0 aromatic heterocycles. The predicted octanol–water partition coefficient (Wildman–Crippen LogP) is 1.98. The van der Waals surface area contributed by atoms with Gasteiger partial charge in [0.05, 0.1) is 12.1 Å². The number of hydrogen-bond donors (Lipinski definition) is 2. The second kappa shape index (κ2) is 4.76. The zero-order valence-corrected chi connectivity index (χ0v) is 9.96. The number of aliphatic hydroxyl groups is 1. The summed E-state index contributed by atoms with van der Waals surface area (Å²) >= 11 is 3.87. The van der Waals surface area contributed by atoms with E-state index in [9.17, 15) is 31.1 Å². The summed E-state index contributed by atoms with van der Waals surface area (Å²) in [6, 6.07) is 0. The summed E-state index contributed by atoms with van der Waals surface area (Å²) in [4.78, 5) is 10.9. The maximum Gasteiger partial charge on any atom is 0.395 e. The van der Waals surface area contributed by atoms with Gasteiger partial charge in [-0.05, 0) is 25.4 Å². The van der Waals surface area contributed by atoms with Gasteiger partial charge < -0.3 is 10.4 Å². The molecule has 2 N–H and O–H groups in total. The third-order valence-electron chi connectivity index (χ3n) is 1.88. The molecule has 0 aliphatic carbocycles. The molecule has 0 aromatic carbocycles. The standard InChI is InChI=1S/C8H10ClF6NO2/c1-5(2,3-17)16-4(18)6(10,11)7(12,13)8(9,14)15/h17H,3H2,1-2H3,(H,16,18). The van der Waals surface area contributed by atoms with Gasteiger partial charge in [-0.25, -0.2) is 0 Å². The van der Waals surface area contributed by atoms with Crippen molar-refractivity contribution in [2.75, 3.05) is 6.61 Å². The van der Waals surface area contributed by atoms with Gasteiger partial charge in [-0.2, -0.15) is 26.3 Å². The molecule has 18 heavy (non-hydrogen) atoms. The van der Waals surface area contributed by atoms with Gasteiger partial charge in [0.15, 0.2) is 0 Å². The van der Waals surface area contributed by atoms with Crippen molar-refractivity contribution in [1.82, 2.24) is 5.32 Å². The summed E-state index contributed by atoms with van der Waals surface area (Å²) in [5.74, 6) is -14.5. The van der Waals surface area contributed by atoms with Gasteiger partial charge in [-0.15, -0.1) is 0 Å². The Morgan fingerprint density at radius 2 is 1.56 bits per heavy atom. The molecular weight excluding hydrogens is 292 g/mol. The molecule has 0 rings (SSSR count). The Morgan fingerprint density at radius 1 is 1.17 bits per heavy atom. The molecule has 3 nitrogen and oxygen atoms in total. The minimum atomic E-state index is -6.07. The van der Waals surface area contributed by atoms with E-state index in [1.165, 1.54) is 5.32 Å². The summed E-state index contributed by atoms with van der Waals surface area (Å²) in [7, 11) is 0. The van der Waals surface area contributed by atoms with E-state index in [0.717, 1.165) is 13.8 Å². The third-order valence-corrected chi connectivity index (χ3v) is 2.12. The highest BCUT2D eigenvalue weighted by atomic mass is 35.5. The van der Waals surface area contributed by atoms with Gasteiger partial charge in [0, 0.05) is 0 Å². The first-order valence-corrected chi connectivity index (χ1v) is 4.82. The Labute approximate surface area is 103 Å². The monoisotopic (exact) mass is 301 g/mol. The number of amides is 1. The van der Waals surface area contributed by atoms with Crippen LogP contribution in [0.4, 0.5) is 26.3 Å². The van der Waals surface area contributed by atoms with Crippen molar-refractivity contribution in [3.8, 4) is 0 Å². The van der Waals surface area contributed by atoms with Crippen molar-refractivity contribution in [3.05, 3.63) is 0 Å². The number of halogens is 7. The van der Waals surface area contributed by atoms with Crippen LogP contribution < -0.4 is 5.32 Å². The van der Waals surface area contributed by atoms with Crippen molar-refractivity contribution in [2.45, 2.75) is 36.6 Å². The Balaban J connectivity index is 5.23. The third kappa shape index (κ3) is 3.19. The lowest BCUT2D eigenvalue weighted by Crippen LogP contribution is -2.62. The summed E-state index contributed by atoms with van der Waals surface area (Å²) in [6.45, 7) is 1.19. The smallest absolute Gasteiger partial charge is 0.394 e. The van der Waals surface area contributed by atoms with E-state index in [1.807, 2.05) is 0 Å². The summed E-state index contributed by atoms with van der Waals surface area (Å²) in [5.41, 5.74) is -1.68. The lowest BCUT2D eigenvalue weighted by molar-refractivity contribution is -0.269. The number of nitrogens with one attached hydrogen (secondary N) is 1. The molecule has 0 fully saturated rings. The van der Waals surface area contributed by atoms with Crippen LogP contribution in [-0.4, -0.2) is 40.4 Å². The molecule has 0 radical (unpaired) electrons. The van der Waals surface area contributed by atoms with Crippen molar-refractivity contribution < 1.29 is 36.2 Å². The summed E-state index contributed by atoms with van der Waals surface area (Å²) in [5, 5.41) is 4.36. The van der Waals surface area contributed by atoms with Crippen LogP contribution in [0.3, 0.4) is 0 Å². The van der Waals surface area contributed by atoms with Crippen LogP contribution in [-0.2, 0) is 4.79 Å². The molecule has 0 heterocycles. The molecule has 0 aliphatic rings. The zero-order chi connectivity index (χ0) is 15.0. The molecule has 0 saturated heterocycles. The molecule has 0 saturated carbocycles. The van der Waals surface area contributed by atoms with Crippen LogP contribution in [0.15, 0.2) is 0 Å². The zero-order valence-electron chi connectivity index (χ0n) is 9.21. The number of carbonyl (C=O) groups excluding carboxylic acids is 1. The van der Waals surface area contributed by atoms with E-state index in [2.05, 4.69) is 11.6 Å². The Morgan fingerprint density at radius 3 is 1.83 bits per heavy atom. The highest BCUT2D eigenvalue weighted by Crippen LogP contribution is 2.48. The second-order valence-corrected chi connectivity index (χ2v) is 4.62. The highest BCUT2D eigenvalue weighted by molar-refractivity contribution is 6.22. The second-order valence-electron chi connectivity index (χ2n) is 4.14. The van der Waals surface area contributed by atoms with Crippen LogP contribution in [0.1, 0.15) is 13.8 Å². The average molecular weight is 302 g/mol. The van der Waals surface area contributed by atoms with Gasteiger partial charge in [0.25, 0.3) is 5.91 Å². The summed E-state index contributed by atoms with van der Waals surface area (Å²) < 4.78 is 75.6. The summed E-state index contributed by atoms with van der Waals surface area (Å²) in [6.07, 6.45) is 0. The SMILES string of the molecule is CC(C)(CO)NC(=O)C(F)(F)C(F)(F)C(F)(F)Cl. The minimum absolute atomic E-state index is 0.863. The van der Waals surface area contributed by atoms with E-state index in [0.29, 0.717) is 0 Å². The van der Waals surface area contributed by atoms with Crippen molar-refractivity contribution in [3.63, 3.8) is 0 Å². The Kier molecular flexibility index (Phi) is 4.58. The number of hydrogen-bond acceptors (Lipinski definition) is 2. The maximum absolute atomic E-state index is 12.9. The van der Waals surface area contributed by atoms with Crippen LogP contribution in [0, 0.1) is 0 Å². The largest absolute Gasteiger partial charge is 0.395 e. The fraction of sp³-hybridized carbons (Fsp3) is 0.875. The van der Waals surface area contributed by atoms with Crippen LogP contribution >= 0.6 is 11.6 Å². The van der Waals surface area contributed by atoms with E-state index in [4.69, 9.17) is 5.11 Å². The molecule has 108 valence electrons. The van der Waals surface area contributed by atoms with Crippen molar-refractivity contribution in [2.24, 2.45) is 0 Å². The Bertz CT molecular complexity index is 328. The molecule has 0 spiro atoms. The van der Waals surface area contributed by atoms with E-state index < -0.39 is 35.3 Å². The lowest BCUT2D eigenvalue weighted by atomic mass is 10.0. The van der Waals surface area contributed by atoms with Gasteiger partial charge >= 0.3 is 17.2 Å². The van der Waals surface area contributed by atoms with Crippen molar-refractivity contribution in [1.29, 1.82) is 0 Å². The highest BCUT2D eigenvalue weighted by Gasteiger charge is 2.74. The van der Waals surface area contributed by atoms with Crippen LogP contribution in [0.5, 0.6) is 0 Å². The topological polar surface area (TPSA) is 49.3 Å². The van der Waals surface area contributed by atoms with Gasteiger partial charge in [0.2, 0.25) is 0 Å². The molecule has 0 aliphatic heterocycles. The molecule has 0 aromatic rings. The minimum Gasteiger partial charge on any atom is -0.394 e. The Hall–Kier alpha value is -0.700. The van der Waals surface area contributed by atoms with E-state index in [-0.39, 0.29) is 0 Å². The molecule has 10 heteroatoms. The van der Waals surface area contributed by atoms with E-state index >= 15 is 0 Å². The number of aliphatic hydroxyl groups excluding tert-OH is 1. The first-order valence-electron chi connectivity index (χ1n) is 4.45.